The predicted octanol–water partition coefficient (Wildman–Crippen LogP) is 5.45. The summed E-state index contributed by atoms with van der Waals surface area (Å²) in [4.78, 5) is 0. The van der Waals surface area contributed by atoms with Crippen molar-refractivity contribution in [3.63, 3.8) is 0 Å². The van der Waals surface area contributed by atoms with E-state index in [1.807, 2.05) is 0 Å². The summed E-state index contributed by atoms with van der Waals surface area (Å²) in [5.74, 6) is 2.09. The Morgan fingerprint density at radius 2 is 0.927 bits per heavy atom. The molecule has 0 radical (unpaired) electrons. The molecule has 0 atom stereocenters. The maximum Gasteiger partial charge on any atom is 4.00 e. The topological polar surface area (TPSA) is 18.5 Å². The Hall–Kier alpha value is -0.843. The van der Waals surface area contributed by atoms with Crippen LogP contribution in [0.1, 0.15) is 67.2 Å². The van der Waals surface area contributed by atoms with Gasteiger partial charge in [0.25, 0.3) is 0 Å². The maximum absolute atomic E-state index is 6.44. The zero-order chi connectivity index (χ0) is 28.2. The second-order valence-electron chi connectivity index (χ2n) is 13.1. The summed E-state index contributed by atoms with van der Waals surface area (Å²) in [5, 5.41) is 5.69. The molecule has 4 aromatic carbocycles. The summed E-state index contributed by atoms with van der Waals surface area (Å²) >= 11 is 0. The second-order valence-corrected chi connectivity index (χ2v) is 22.3. The molecule has 0 N–H and O–H groups in total. The molecule has 0 aromatic heterocycles. The molecule has 0 heterocycles. The van der Waals surface area contributed by atoms with E-state index >= 15 is 0 Å². The van der Waals surface area contributed by atoms with E-state index < -0.39 is 16.6 Å². The van der Waals surface area contributed by atoms with Crippen LogP contribution in [0.25, 0.3) is 21.5 Å². The van der Waals surface area contributed by atoms with Crippen molar-refractivity contribution in [3.05, 3.63) is 72.8 Å². The van der Waals surface area contributed by atoms with Gasteiger partial charge in [0.05, 0.1) is 0 Å². The van der Waals surface area contributed by atoms with Gasteiger partial charge < -0.3 is 33.7 Å². The van der Waals surface area contributed by atoms with Gasteiger partial charge in [0.1, 0.15) is 0 Å². The van der Waals surface area contributed by atoms with Crippen molar-refractivity contribution in [1.82, 2.24) is 0 Å². The summed E-state index contributed by atoms with van der Waals surface area (Å²) in [6.07, 6.45) is 4.89. The van der Waals surface area contributed by atoms with Crippen LogP contribution < -0.4 is 33.7 Å². The molecule has 0 fully saturated rings. The third-order valence-electron chi connectivity index (χ3n) is 8.94. The van der Waals surface area contributed by atoms with E-state index in [1.165, 1.54) is 47.2 Å². The van der Waals surface area contributed by atoms with Crippen molar-refractivity contribution in [3.8, 4) is 11.5 Å². The summed E-state index contributed by atoms with van der Waals surface area (Å²) in [7, 11) is -3.51. The molecule has 0 unspecified atom stereocenters. The summed E-state index contributed by atoms with van der Waals surface area (Å²) in [6.45, 7) is 23.3. The first-order chi connectivity index (χ1) is 17.7. The van der Waals surface area contributed by atoms with Crippen molar-refractivity contribution < 1.29 is 59.9 Å². The molecule has 0 amide bonds. The molecule has 4 aromatic rings. The van der Waals surface area contributed by atoms with E-state index in [9.17, 15) is 0 Å². The number of benzene rings is 2. The minimum Gasteiger partial charge on any atom is -1.00 e. The SMILES string of the molecule is CCCC(C)(C)[Si](C)(C)Oc1cc2ccccc2[cH-]1.CCCC(C)(C)[Si](C)(C)Oc1cc2ccccc2[cH-]1.[Cl-].[Cl-].[Zr+4]. The first kappa shape index (κ1) is 40.2. The van der Waals surface area contributed by atoms with Gasteiger partial charge in [-0.3, -0.25) is 0 Å². The third-order valence-corrected chi connectivity index (χ3v) is 17.5. The number of rotatable bonds is 10. The molecule has 7 heteroatoms. The van der Waals surface area contributed by atoms with Crippen molar-refractivity contribution in [2.24, 2.45) is 0 Å². The first-order valence-corrected chi connectivity index (χ1v) is 20.2. The fraction of sp³-hybridized carbons (Fsp3) is 0.471. The van der Waals surface area contributed by atoms with Crippen LogP contribution in [0, 0.1) is 0 Å². The van der Waals surface area contributed by atoms with Gasteiger partial charge in [0, 0.05) is 11.5 Å². The van der Waals surface area contributed by atoms with Crippen LogP contribution in [0.5, 0.6) is 11.5 Å². The molecular formula is C34H50Cl2O2Si2Zr. The van der Waals surface area contributed by atoms with E-state index in [0.29, 0.717) is 10.1 Å². The van der Waals surface area contributed by atoms with E-state index in [4.69, 9.17) is 8.85 Å². The van der Waals surface area contributed by atoms with Crippen LogP contribution >= 0.6 is 0 Å². The summed E-state index contributed by atoms with van der Waals surface area (Å²) < 4.78 is 12.9. The van der Waals surface area contributed by atoms with Crippen LogP contribution in [0.2, 0.25) is 36.3 Å². The zero-order valence-electron chi connectivity index (χ0n) is 26.8. The molecule has 4 rings (SSSR count). The molecule has 2 nitrogen and oxygen atoms in total. The minimum atomic E-state index is -1.76. The minimum absolute atomic E-state index is 0. The molecule has 0 saturated carbocycles. The Labute approximate surface area is 283 Å². The molecule has 0 spiro atoms. The molecule has 0 aliphatic heterocycles. The Balaban J connectivity index is 0.000000727. The molecule has 41 heavy (non-hydrogen) atoms. The van der Waals surface area contributed by atoms with Crippen molar-refractivity contribution in [2.75, 3.05) is 0 Å². The fourth-order valence-corrected chi connectivity index (χ4v) is 8.75. The number of fused-ring (bicyclic) bond motifs is 2. The van der Waals surface area contributed by atoms with E-state index in [-0.39, 0.29) is 51.0 Å². The van der Waals surface area contributed by atoms with Crippen molar-refractivity contribution in [2.45, 2.75) is 103 Å². The summed E-state index contributed by atoms with van der Waals surface area (Å²) in [6, 6.07) is 25.6. The van der Waals surface area contributed by atoms with Gasteiger partial charge in [-0.15, -0.1) is 82.2 Å². The normalized spacial score (nSPS) is 12.0. The third kappa shape index (κ3) is 10.1. The van der Waals surface area contributed by atoms with Crippen LogP contribution in [0.4, 0.5) is 0 Å². The average Bonchev–Trinajstić information content (AvgIpc) is 3.41. The van der Waals surface area contributed by atoms with Crippen LogP contribution in [-0.4, -0.2) is 16.6 Å². The average molecular weight is 709 g/mol. The van der Waals surface area contributed by atoms with Crippen LogP contribution in [-0.2, 0) is 26.2 Å². The molecule has 0 bridgehead atoms. The van der Waals surface area contributed by atoms with Gasteiger partial charge in [0.2, 0.25) is 16.6 Å². The van der Waals surface area contributed by atoms with Gasteiger partial charge in [-0.05, 0) is 49.1 Å². The Morgan fingerprint density at radius 3 is 1.22 bits per heavy atom. The van der Waals surface area contributed by atoms with Crippen LogP contribution in [0.15, 0.2) is 72.8 Å². The predicted molar refractivity (Wildman–Crippen MR) is 173 cm³/mol. The van der Waals surface area contributed by atoms with E-state index in [2.05, 4.69) is 141 Å². The Kier molecular flexibility index (Phi) is 16.0. The van der Waals surface area contributed by atoms with Gasteiger partial charge >= 0.3 is 26.2 Å². The van der Waals surface area contributed by atoms with Crippen LogP contribution in [0.3, 0.4) is 0 Å². The largest absolute Gasteiger partial charge is 4.00 e. The van der Waals surface area contributed by atoms with Gasteiger partial charge in [0.15, 0.2) is 0 Å². The number of hydrogen-bond donors (Lipinski definition) is 0. The zero-order valence-corrected chi connectivity index (χ0v) is 32.8. The molecule has 0 saturated heterocycles. The Morgan fingerprint density at radius 1 is 0.610 bits per heavy atom. The van der Waals surface area contributed by atoms with Gasteiger partial charge in [-0.2, -0.15) is 0 Å². The van der Waals surface area contributed by atoms with Crippen molar-refractivity contribution in [1.29, 1.82) is 0 Å². The molecule has 0 aliphatic rings. The van der Waals surface area contributed by atoms with E-state index in [0.717, 1.165) is 11.5 Å². The second kappa shape index (κ2) is 16.3. The maximum atomic E-state index is 6.44. The standard InChI is InChI=1S/2C17H25OSi.2ClH.Zr/c2*1-6-11-17(2,3)19(4,5)18-16-12-14-9-7-8-10-15(14)13-16;;;/h2*7-10,12-13H,6,11H2,1-5H3;2*1H;/q2*-1;;;+4/p-2. The number of halogens is 2. The molecule has 224 valence electrons. The number of hydrogen-bond acceptors (Lipinski definition) is 2. The monoisotopic (exact) mass is 706 g/mol. The van der Waals surface area contributed by atoms with Gasteiger partial charge in [-0.25, -0.2) is 0 Å². The smallest absolute Gasteiger partial charge is 1.00 e. The molecular weight excluding hydrogens is 659 g/mol. The summed E-state index contributed by atoms with van der Waals surface area (Å²) in [5.41, 5.74) is 0. The Bertz CT molecular complexity index is 1160. The first-order valence-electron chi connectivity index (χ1n) is 14.4. The van der Waals surface area contributed by atoms with E-state index in [1.54, 1.807) is 0 Å². The quantitative estimate of drug-likeness (QED) is 0.161. The molecule has 0 aliphatic carbocycles. The fourth-order valence-electron chi connectivity index (χ4n) is 5.08. The van der Waals surface area contributed by atoms with Gasteiger partial charge in [-0.1, -0.05) is 66.5 Å². The van der Waals surface area contributed by atoms with Crippen molar-refractivity contribution >= 4 is 38.2 Å².